The van der Waals surface area contributed by atoms with Crippen LogP contribution in [0.5, 0.6) is 0 Å². The van der Waals surface area contributed by atoms with Gasteiger partial charge < -0.3 is 29.9 Å². The van der Waals surface area contributed by atoms with Crippen molar-refractivity contribution in [3.63, 3.8) is 0 Å². The number of ketones is 1. The zero-order chi connectivity index (χ0) is 14.3. The third-order valence-corrected chi connectivity index (χ3v) is 3.58. The lowest BCUT2D eigenvalue weighted by molar-refractivity contribution is -0.324. The molecule has 18 heavy (non-hydrogen) atoms. The Kier molecular flexibility index (Phi) is 4.16. The van der Waals surface area contributed by atoms with E-state index in [9.17, 15) is 30.0 Å². The van der Waals surface area contributed by atoms with Crippen LogP contribution in [-0.4, -0.2) is 67.9 Å². The molecule has 1 saturated heterocycles. The van der Waals surface area contributed by atoms with Crippen molar-refractivity contribution in [2.75, 3.05) is 7.11 Å². The normalized spacial score (nSPS) is 44.5. The first-order valence-electron chi connectivity index (χ1n) is 4.86. The Morgan fingerprint density at radius 1 is 1.33 bits per heavy atom. The molecule has 1 fully saturated rings. The van der Waals surface area contributed by atoms with Gasteiger partial charge in [0, 0.05) is 0 Å². The molecule has 0 radical (unpaired) electrons. The zero-order valence-electron chi connectivity index (χ0n) is 9.53. The van der Waals surface area contributed by atoms with Crippen LogP contribution in [0.1, 0.15) is 6.92 Å². The summed E-state index contributed by atoms with van der Waals surface area (Å²) >= 11 is 2.51. The number of hydrogen-bond donors (Lipinski definition) is 4. The van der Waals surface area contributed by atoms with Crippen molar-refractivity contribution in [3.8, 4) is 0 Å². The van der Waals surface area contributed by atoms with Gasteiger partial charge in [0.1, 0.15) is 12.2 Å². The molecular formula is C9H13BrO8. The molecule has 0 aromatic rings. The third kappa shape index (κ3) is 2.06. The molecular weight excluding hydrogens is 316 g/mol. The average molecular weight is 329 g/mol. The molecule has 0 aromatic heterocycles. The van der Waals surface area contributed by atoms with Crippen molar-refractivity contribution < 1.29 is 39.5 Å². The van der Waals surface area contributed by atoms with Gasteiger partial charge in [-0.2, -0.15) is 0 Å². The Morgan fingerprint density at radius 3 is 2.22 bits per heavy atom. The minimum absolute atomic E-state index is 0.879. The fraction of sp³-hybridized carbons (Fsp3) is 0.778. The fourth-order valence-corrected chi connectivity index (χ4v) is 2.37. The minimum atomic E-state index is -2.82. The van der Waals surface area contributed by atoms with E-state index in [0.717, 1.165) is 14.0 Å². The van der Waals surface area contributed by atoms with E-state index < -0.39 is 40.4 Å². The smallest absolute Gasteiger partial charge is 0.337 e. The molecule has 0 unspecified atom stereocenters. The van der Waals surface area contributed by atoms with Gasteiger partial charge in [0.2, 0.25) is 5.60 Å². The summed E-state index contributed by atoms with van der Waals surface area (Å²) in [6.45, 7) is 0.879. The van der Waals surface area contributed by atoms with Crippen LogP contribution in [0.15, 0.2) is 0 Å². The Labute approximate surface area is 110 Å². The molecule has 1 aliphatic rings. The van der Waals surface area contributed by atoms with Crippen LogP contribution >= 0.6 is 15.9 Å². The standard InChI is InChI=1S/C9H13BrO8/c1-3(11)8(15)6(13)4(12)5(7(14)17-2)18-9(8,10)16/h4-6,12-13,15-16H,1-2H3/t4-,5-,6-,8+,9+/m0/s1. The van der Waals surface area contributed by atoms with E-state index in [0.29, 0.717) is 0 Å². The van der Waals surface area contributed by atoms with Gasteiger partial charge in [-0.05, 0) is 22.9 Å². The lowest BCUT2D eigenvalue weighted by Crippen LogP contribution is -2.74. The quantitative estimate of drug-likeness (QED) is 0.327. The maximum absolute atomic E-state index is 11.3. The molecule has 9 heteroatoms. The lowest BCUT2D eigenvalue weighted by Gasteiger charge is -2.48. The predicted octanol–water partition coefficient (Wildman–Crippen LogP) is -2.36. The third-order valence-electron chi connectivity index (χ3n) is 2.79. The number of methoxy groups -OCH3 is 1. The first-order chi connectivity index (χ1) is 8.09. The summed E-state index contributed by atoms with van der Waals surface area (Å²) in [4.78, 5) is 22.6. The molecule has 4 N–H and O–H groups in total. The predicted molar refractivity (Wildman–Crippen MR) is 58.4 cm³/mol. The zero-order valence-corrected chi connectivity index (χ0v) is 11.1. The van der Waals surface area contributed by atoms with Crippen molar-refractivity contribution in [1.82, 2.24) is 0 Å². The number of rotatable bonds is 2. The summed E-state index contributed by atoms with van der Waals surface area (Å²) in [5, 5.41) is 39.1. The number of aliphatic hydroxyl groups is 4. The van der Waals surface area contributed by atoms with Gasteiger partial charge in [-0.3, -0.25) is 4.79 Å². The molecule has 1 heterocycles. The van der Waals surface area contributed by atoms with Gasteiger partial charge in [-0.25, -0.2) is 4.79 Å². The van der Waals surface area contributed by atoms with Crippen LogP contribution in [0.4, 0.5) is 0 Å². The molecule has 5 atom stereocenters. The van der Waals surface area contributed by atoms with E-state index in [1.807, 2.05) is 0 Å². The Bertz CT molecular complexity index is 370. The molecule has 0 aromatic carbocycles. The second-order valence-corrected chi connectivity index (χ2v) is 4.96. The van der Waals surface area contributed by atoms with Gasteiger partial charge in [0.25, 0.3) is 4.70 Å². The van der Waals surface area contributed by atoms with E-state index >= 15 is 0 Å². The summed E-state index contributed by atoms with van der Waals surface area (Å²) in [6, 6.07) is 0. The number of carbonyl (C=O) groups excluding carboxylic acids is 2. The number of Topliss-reactive ketones (excluding diaryl/α,β-unsaturated/α-hetero) is 1. The number of hydrogen-bond acceptors (Lipinski definition) is 8. The molecule has 0 bridgehead atoms. The van der Waals surface area contributed by atoms with Gasteiger partial charge in [-0.15, -0.1) is 0 Å². The average Bonchev–Trinajstić information content (AvgIpc) is 2.30. The molecule has 1 rings (SSSR count). The van der Waals surface area contributed by atoms with Gasteiger partial charge in [0.05, 0.1) is 7.11 Å². The van der Waals surface area contributed by atoms with E-state index in [1.54, 1.807) is 0 Å². The van der Waals surface area contributed by atoms with Crippen LogP contribution in [0.25, 0.3) is 0 Å². The maximum Gasteiger partial charge on any atom is 0.337 e. The number of ether oxygens (including phenoxy) is 2. The largest absolute Gasteiger partial charge is 0.467 e. The fourth-order valence-electron chi connectivity index (χ4n) is 1.65. The Morgan fingerprint density at radius 2 is 1.83 bits per heavy atom. The second kappa shape index (κ2) is 4.83. The van der Waals surface area contributed by atoms with Crippen LogP contribution < -0.4 is 0 Å². The van der Waals surface area contributed by atoms with Gasteiger partial charge >= 0.3 is 5.97 Å². The van der Waals surface area contributed by atoms with E-state index in [2.05, 4.69) is 20.7 Å². The van der Waals surface area contributed by atoms with Crippen molar-refractivity contribution >= 4 is 27.7 Å². The van der Waals surface area contributed by atoms with Gasteiger partial charge in [-0.1, -0.05) is 0 Å². The first-order valence-corrected chi connectivity index (χ1v) is 5.65. The number of esters is 1. The molecule has 0 amide bonds. The van der Waals surface area contributed by atoms with E-state index in [-0.39, 0.29) is 0 Å². The highest BCUT2D eigenvalue weighted by Crippen LogP contribution is 2.41. The Balaban J connectivity index is 3.19. The molecule has 8 nitrogen and oxygen atoms in total. The minimum Gasteiger partial charge on any atom is -0.467 e. The van der Waals surface area contributed by atoms with E-state index in [1.165, 1.54) is 0 Å². The number of aliphatic hydroxyl groups excluding tert-OH is 2. The van der Waals surface area contributed by atoms with Gasteiger partial charge in [0.15, 0.2) is 11.9 Å². The molecule has 104 valence electrons. The van der Waals surface area contributed by atoms with Crippen molar-refractivity contribution in [2.24, 2.45) is 0 Å². The van der Waals surface area contributed by atoms with Crippen molar-refractivity contribution in [1.29, 1.82) is 0 Å². The van der Waals surface area contributed by atoms with Crippen LogP contribution in [-0.2, 0) is 19.1 Å². The molecule has 0 aliphatic carbocycles. The lowest BCUT2D eigenvalue weighted by atomic mass is 9.83. The summed E-state index contributed by atoms with van der Waals surface area (Å²) in [5.41, 5.74) is -2.82. The number of halogens is 1. The first kappa shape index (κ1) is 15.5. The Hall–Kier alpha value is -0.580. The summed E-state index contributed by atoms with van der Waals surface area (Å²) in [7, 11) is 1.00. The topological polar surface area (TPSA) is 134 Å². The molecule has 1 aliphatic heterocycles. The monoisotopic (exact) mass is 328 g/mol. The van der Waals surface area contributed by atoms with Crippen LogP contribution in [0.3, 0.4) is 0 Å². The highest BCUT2D eigenvalue weighted by Gasteiger charge is 2.66. The SMILES string of the molecule is COC(=O)[C@H]1O[C@@](O)(Br)[C@@](O)(C(C)=O)[C@@H](O)[C@H]1O. The molecule has 0 saturated carbocycles. The highest BCUT2D eigenvalue weighted by atomic mass is 79.9. The number of alkyl halides is 1. The molecule has 0 spiro atoms. The van der Waals surface area contributed by atoms with Crippen LogP contribution in [0.2, 0.25) is 0 Å². The van der Waals surface area contributed by atoms with Crippen molar-refractivity contribution in [2.45, 2.75) is 35.5 Å². The van der Waals surface area contributed by atoms with E-state index in [4.69, 9.17) is 4.74 Å². The maximum atomic E-state index is 11.3. The number of carbonyl (C=O) groups is 2. The van der Waals surface area contributed by atoms with Crippen LogP contribution in [0, 0.1) is 0 Å². The highest BCUT2D eigenvalue weighted by molar-refractivity contribution is 9.10. The summed E-state index contributed by atoms with van der Waals surface area (Å²) in [5.74, 6) is -2.14. The summed E-state index contributed by atoms with van der Waals surface area (Å²) in [6.07, 6.45) is -5.84. The van der Waals surface area contributed by atoms with Crippen molar-refractivity contribution in [3.05, 3.63) is 0 Å². The summed E-state index contributed by atoms with van der Waals surface area (Å²) < 4.78 is 6.27. The second-order valence-electron chi connectivity index (χ2n) is 3.88.